The number of fused-ring (bicyclic) bond motifs is 2. The molecular weight excluding hydrogens is 506 g/mol. The van der Waals surface area contributed by atoms with Crippen molar-refractivity contribution in [3.05, 3.63) is 101 Å². The van der Waals surface area contributed by atoms with Gasteiger partial charge in [0.1, 0.15) is 19.0 Å². The number of carbonyl (C=O) groups excluding carboxylic acids is 3. The van der Waals surface area contributed by atoms with Crippen LogP contribution in [0.1, 0.15) is 42.1 Å². The van der Waals surface area contributed by atoms with E-state index < -0.39 is 6.09 Å². The first kappa shape index (κ1) is 26.7. The van der Waals surface area contributed by atoms with E-state index in [0.29, 0.717) is 23.5 Å². The standard InChI is InChI=1S/C31H31N5O4/c1-3-36(21(2)26-17-32-27-12-8-7-11-25(26)27)29(38)14-13-23-15-24-18-35(19-28(37)34-30(24)33-16-23)31(39)40-20-22-9-5-4-6-10-22/h4-17,21,32H,3,18-20H2,1-2H3,(H,33,34,37)/b14-13+. The number of hydrogen-bond donors (Lipinski definition) is 2. The first-order valence-corrected chi connectivity index (χ1v) is 13.2. The number of hydrogen-bond acceptors (Lipinski definition) is 5. The van der Waals surface area contributed by atoms with Gasteiger partial charge in [0.25, 0.3) is 0 Å². The van der Waals surface area contributed by atoms with Gasteiger partial charge in [-0.2, -0.15) is 0 Å². The van der Waals surface area contributed by atoms with Crippen LogP contribution in [0.2, 0.25) is 0 Å². The minimum atomic E-state index is -0.590. The van der Waals surface area contributed by atoms with Gasteiger partial charge in [-0.3, -0.25) is 14.5 Å². The second-order valence-electron chi connectivity index (χ2n) is 9.64. The van der Waals surface area contributed by atoms with Crippen LogP contribution in [0.3, 0.4) is 0 Å². The highest BCUT2D eigenvalue weighted by atomic mass is 16.6. The number of rotatable bonds is 7. The smallest absolute Gasteiger partial charge is 0.410 e. The fourth-order valence-corrected chi connectivity index (χ4v) is 4.89. The number of amides is 3. The van der Waals surface area contributed by atoms with E-state index in [2.05, 4.69) is 15.3 Å². The number of nitrogens with zero attached hydrogens (tertiary/aromatic N) is 3. The van der Waals surface area contributed by atoms with E-state index in [1.54, 1.807) is 17.2 Å². The lowest BCUT2D eigenvalue weighted by Crippen LogP contribution is -2.35. The van der Waals surface area contributed by atoms with Gasteiger partial charge in [0.2, 0.25) is 11.8 Å². The average Bonchev–Trinajstić information content (AvgIpc) is 3.32. The van der Waals surface area contributed by atoms with E-state index in [9.17, 15) is 14.4 Å². The van der Waals surface area contributed by atoms with Gasteiger partial charge in [0, 0.05) is 41.5 Å². The Bertz CT molecular complexity index is 1560. The Kier molecular flexibility index (Phi) is 7.91. The number of pyridine rings is 1. The Morgan fingerprint density at radius 2 is 1.90 bits per heavy atom. The highest BCUT2D eigenvalue weighted by Gasteiger charge is 2.25. The number of carbonyl (C=O) groups is 3. The van der Waals surface area contributed by atoms with Gasteiger partial charge >= 0.3 is 6.09 Å². The lowest BCUT2D eigenvalue weighted by molar-refractivity contribution is -0.127. The molecule has 0 radical (unpaired) electrons. The molecule has 4 aromatic rings. The summed E-state index contributed by atoms with van der Waals surface area (Å²) in [5.74, 6) is -0.101. The van der Waals surface area contributed by atoms with Gasteiger partial charge in [-0.15, -0.1) is 0 Å². The maximum Gasteiger partial charge on any atom is 0.410 e. The quantitative estimate of drug-likeness (QED) is 0.312. The third kappa shape index (κ3) is 5.88. The lowest BCUT2D eigenvalue weighted by Gasteiger charge is -2.27. The number of benzene rings is 2. The van der Waals surface area contributed by atoms with E-state index in [1.807, 2.05) is 80.7 Å². The van der Waals surface area contributed by atoms with Crippen LogP contribution in [-0.4, -0.2) is 50.8 Å². The molecule has 0 bridgehead atoms. The summed E-state index contributed by atoms with van der Waals surface area (Å²) < 4.78 is 5.43. The second kappa shape index (κ2) is 11.9. The van der Waals surface area contributed by atoms with Crippen molar-refractivity contribution in [1.82, 2.24) is 19.8 Å². The van der Waals surface area contributed by atoms with Crippen LogP contribution < -0.4 is 5.32 Å². The van der Waals surface area contributed by atoms with E-state index in [0.717, 1.165) is 22.0 Å². The van der Waals surface area contributed by atoms with Crippen molar-refractivity contribution < 1.29 is 19.1 Å². The monoisotopic (exact) mass is 537 g/mol. The Labute approximate surface area is 232 Å². The van der Waals surface area contributed by atoms with Crippen LogP contribution in [0.4, 0.5) is 10.6 Å². The number of ether oxygens (including phenoxy) is 1. The van der Waals surface area contributed by atoms with E-state index in [-0.39, 0.29) is 37.6 Å². The third-order valence-corrected chi connectivity index (χ3v) is 6.99. The molecular formula is C31H31N5O4. The molecule has 5 rings (SSSR count). The maximum absolute atomic E-state index is 13.2. The van der Waals surface area contributed by atoms with Gasteiger partial charge in [0.05, 0.1) is 12.6 Å². The second-order valence-corrected chi connectivity index (χ2v) is 9.64. The highest BCUT2D eigenvalue weighted by molar-refractivity contribution is 5.95. The molecule has 9 nitrogen and oxygen atoms in total. The molecule has 40 heavy (non-hydrogen) atoms. The third-order valence-electron chi connectivity index (χ3n) is 6.99. The first-order valence-electron chi connectivity index (χ1n) is 13.2. The average molecular weight is 538 g/mol. The van der Waals surface area contributed by atoms with Crippen LogP contribution in [-0.2, 0) is 27.5 Å². The molecule has 0 fully saturated rings. The molecule has 204 valence electrons. The van der Waals surface area contributed by atoms with Crippen LogP contribution >= 0.6 is 0 Å². The predicted octanol–water partition coefficient (Wildman–Crippen LogP) is 5.28. The molecule has 1 aliphatic rings. The molecule has 0 aliphatic carbocycles. The fraction of sp³-hybridized carbons (Fsp3) is 0.226. The normalized spacial score (nSPS) is 13.9. The summed E-state index contributed by atoms with van der Waals surface area (Å²) in [6.45, 7) is 4.61. The number of likely N-dealkylation sites (N-methyl/N-ethyl adjacent to an activating group) is 1. The minimum absolute atomic E-state index is 0.110. The molecule has 1 unspecified atom stereocenters. The molecule has 3 amide bonds. The molecule has 1 atom stereocenters. The number of anilines is 1. The molecule has 2 N–H and O–H groups in total. The maximum atomic E-state index is 13.2. The number of H-pyrrole nitrogens is 1. The Morgan fingerprint density at radius 1 is 1.12 bits per heavy atom. The molecule has 0 saturated heterocycles. The molecule has 1 aliphatic heterocycles. The molecule has 0 saturated carbocycles. The van der Waals surface area contributed by atoms with Crippen molar-refractivity contribution in [2.75, 3.05) is 18.4 Å². The summed E-state index contributed by atoms with van der Waals surface area (Å²) in [5, 5.41) is 3.84. The van der Waals surface area contributed by atoms with Crippen molar-refractivity contribution in [1.29, 1.82) is 0 Å². The first-order chi connectivity index (χ1) is 19.4. The zero-order valence-electron chi connectivity index (χ0n) is 22.5. The number of aromatic nitrogens is 2. The van der Waals surface area contributed by atoms with E-state index >= 15 is 0 Å². The number of nitrogens with one attached hydrogen (secondary N) is 2. The Balaban J connectivity index is 1.29. The van der Waals surface area contributed by atoms with Gasteiger partial charge in [-0.05, 0) is 48.7 Å². The molecule has 3 heterocycles. The van der Waals surface area contributed by atoms with Gasteiger partial charge < -0.3 is 19.9 Å². The van der Waals surface area contributed by atoms with E-state index in [4.69, 9.17) is 4.74 Å². The molecule has 2 aromatic heterocycles. The predicted molar refractivity (Wildman–Crippen MR) is 153 cm³/mol. The van der Waals surface area contributed by atoms with Gasteiger partial charge in [-0.1, -0.05) is 48.5 Å². The topological polar surface area (TPSA) is 108 Å². The van der Waals surface area contributed by atoms with Crippen LogP contribution in [0.5, 0.6) is 0 Å². The Morgan fingerprint density at radius 3 is 2.70 bits per heavy atom. The number of para-hydroxylation sites is 1. The Hall–Kier alpha value is -4.92. The summed E-state index contributed by atoms with van der Waals surface area (Å²) in [6, 6.07) is 19.1. The molecule has 0 spiro atoms. The zero-order chi connectivity index (χ0) is 28.1. The summed E-state index contributed by atoms with van der Waals surface area (Å²) in [5.41, 5.74) is 4.27. The van der Waals surface area contributed by atoms with Gasteiger partial charge in [-0.25, -0.2) is 9.78 Å². The fourth-order valence-electron chi connectivity index (χ4n) is 4.89. The van der Waals surface area contributed by atoms with Crippen molar-refractivity contribution >= 4 is 40.7 Å². The van der Waals surface area contributed by atoms with Crippen molar-refractivity contribution in [2.45, 2.75) is 33.0 Å². The van der Waals surface area contributed by atoms with Crippen molar-refractivity contribution in [3.8, 4) is 0 Å². The highest BCUT2D eigenvalue weighted by Crippen LogP contribution is 2.28. The molecule has 2 aromatic carbocycles. The SMILES string of the molecule is CCN(C(=O)/C=C/c1cnc2c(c1)CN(C(=O)OCc1ccccc1)CC(=O)N2)C(C)c1c[nH]c2ccccc12. The zero-order valence-corrected chi connectivity index (χ0v) is 22.5. The summed E-state index contributed by atoms with van der Waals surface area (Å²) in [4.78, 5) is 49.2. The van der Waals surface area contributed by atoms with Crippen molar-refractivity contribution in [2.24, 2.45) is 0 Å². The molecule has 9 heteroatoms. The summed E-state index contributed by atoms with van der Waals surface area (Å²) >= 11 is 0. The van der Waals surface area contributed by atoms with Crippen LogP contribution in [0.15, 0.2) is 79.1 Å². The van der Waals surface area contributed by atoms with Crippen molar-refractivity contribution in [3.63, 3.8) is 0 Å². The van der Waals surface area contributed by atoms with E-state index in [1.165, 1.54) is 11.0 Å². The summed E-state index contributed by atoms with van der Waals surface area (Å²) in [7, 11) is 0. The summed E-state index contributed by atoms with van der Waals surface area (Å²) in [6.07, 6.45) is 6.18. The largest absolute Gasteiger partial charge is 0.445 e. The van der Waals surface area contributed by atoms with Crippen LogP contribution in [0.25, 0.3) is 17.0 Å². The van der Waals surface area contributed by atoms with Gasteiger partial charge in [0.15, 0.2) is 0 Å². The lowest BCUT2D eigenvalue weighted by atomic mass is 10.1. The minimum Gasteiger partial charge on any atom is -0.445 e. The number of aromatic amines is 1. The van der Waals surface area contributed by atoms with Crippen LogP contribution in [0, 0.1) is 0 Å².